The maximum Gasteiger partial charge on any atom is 0.407 e. The molecule has 7 nitrogen and oxygen atoms in total. The first-order chi connectivity index (χ1) is 7.36. The van der Waals surface area contributed by atoms with Gasteiger partial charge in [0.15, 0.2) is 5.78 Å². The highest BCUT2D eigenvalue weighted by molar-refractivity contribution is 6.09. The zero-order valence-corrected chi connectivity index (χ0v) is 8.51. The normalized spacial score (nSPS) is 29.6. The fourth-order valence-electron chi connectivity index (χ4n) is 1.74. The van der Waals surface area contributed by atoms with Gasteiger partial charge in [-0.2, -0.15) is 5.26 Å². The van der Waals surface area contributed by atoms with Crippen LogP contribution in [0.2, 0.25) is 0 Å². The SMILES string of the molecule is CC1C(=O)C(C#N)(C(=O)O)CCN1C(=O)O. The number of aliphatic carboxylic acids is 1. The number of rotatable bonds is 1. The van der Waals surface area contributed by atoms with Crippen molar-refractivity contribution in [2.75, 3.05) is 6.54 Å². The first-order valence-corrected chi connectivity index (χ1v) is 4.55. The van der Waals surface area contributed by atoms with Gasteiger partial charge in [0.2, 0.25) is 5.41 Å². The lowest BCUT2D eigenvalue weighted by molar-refractivity contribution is -0.155. The summed E-state index contributed by atoms with van der Waals surface area (Å²) in [4.78, 5) is 34.2. The van der Waals surface area contributed by atoms with Crippen molar-refractivity contribution in [2.24, 2.45) is 5.41 Å². The maximum atomic E-state index is 11.7. The number of Topliss-reactive ketones (excluding diaryl/α,β-unsaturated/α-hetero) is 1. The Morgan fingerprint density at radius 1 is 1.56 bits per heavy atom. The fraction of sp³-hybridized carbons (Fsp3) is 0.556. The summed E-state index contributed by atoms with van der Waals surface area (Å²) in [5.41, 5.74) is -2.11. The average Bonchev–Trinajstić information content (AvgIpc) is 2.21. The van der Waals surface area contributed by atoms with Crippen LogP contribution in [0.15, 0.2) is 0 Å². The summed E-state index contributed by atoms with van der Waals surface area (Å²) in [6.45, 7) is 1.15. The number of nitrogens with zero attached hydrogens (tertiary/aromatic N) is 2. The lowest BCUT2D eigenvalue weighted by Crippen LogP contribution is -2.57. The number of carbonyl (C=O) groups excluding carboxylic acids is 1. The number of hydrogen-bond acceptors (Lipinski definition) is 4. The molecule has 2 unspecified atom stereocenters. The van der Waals surface area contributed by atoms with Gasteiger partial charge in [0, 0.05) is 13.0 Å². The summed E-state index contributed by atoms with van der Waals surface area (Å²) < 4.78 is 0. The molecule has 0 saturated carbocycles. The molecule has 0 bridgehead atoms. The van der Waals surface area contributed by atoms with Gasteiger partial charge in [0.25, 0.3) is 0 Å². The zero-order chi connectivity index (χ0) is 12.5. The molecule has 86 valence electrons. The summed E-state index contributed by atoms with van der Waals surface area (Å²) in [5, 5.41) is 26.5. The van der Waals surface area contributed by atoms with E-state index in [-0.39, 0.29) is 13.0 Å². The van der Waals surface area contributed by atoms with Crippen LogP contribution in [0.4, 0.5) is 4.79 Å². The van der Waals surface area contributed by atoms with Crippen molar-refractivity contribution >= 4 is 17.8 Å². The summed E-state index contributed by atoms with van der Waals surface area (Å²) in [5.74, 6) is -2.40. The van der Waals surface area contributed by atoms with E-state index in [1.807, 2.05) is 0 Å². The smallest absolute Gasteiger partial charge is 0.407 e. The molecule has 0 aromatic carbocycles. The highest BCUT2D eigenvalue weighted by atomic mass is 16.4. The first kappa shape index (κ1) is 12.0. The molecule has 0 spiro atoms. The number of carboxylic acid groups (broad SMARTS) is 2. The molecule has 0 aliphatic carbocycles. The minimum Gasteiger partial charge on any atom is -0.480 e. The minimum atomic E-state index is -2.11. The van der Waals surface area contributed by atoms with Crippen LogP contribution < -0.4 is 0 Å². The predicted molar refractivity (Wildman–Crippen MR) is 49.5 cm³/mol. The number of hydrogen-bond donors (Lipinski definition) is 2. The number of nitriles is 1. The van der Waals surface area contributed by atoms with Gasteiger partial charge >= 0.3 is 12.1 Å². The lowest BCUT2D eigenvalue weighted by Gasteiger charge is -2.36. The Bertz CT molecular complexity index is 399. The molecule has 0 aromatic rings. The Morgan fingerprint density at radius 3 is 2.50 bits per heavy atom. The number of carboxylic acids is 1. The molecule has 16 heavy (non-hydrogen) atoms. The van der Waals surface area contributed by atoms with Crippen LogP contribution in [0.3, 0.4) is 0 Å². The van der Waals surface area contributed by atoms with Gasteiger partial charge in [0.1, 0.15) is 0 Å². The quantitative estimate of drug-likeness (QED) is 0.603. The van der Waals surface area contributed by atoms with Crippen molar-refractivity contribution in [1.82, 2.24) is 4.90 Å². The van der Waals surface area contributed by atoms with Gasteiger partial charge in [-0.05, 0) is 6.92 Å². The molecule has 1 fully saturated rings. The standard InChI is InChI=1S/C9H10N2O5/c1-5-6(12)9(4-10,7(13)14)2-3-11(5)8(15)16/h5H,2-3H2,1H3,(H,13,14)(H,15,16). The van der Waals surface area contributed by atoms with Crippen LogP contribution in [0.1, 0.15) is 13.3 Å². The molecule has 1 aliphatic heterocycles. The molecular weight excluding hydrogens is 216 g/mol. The molecule has 1 heterocycles. The van der Waals surface area contributed by atoms with E-state index in [1.54, 1.807) is 0 Å². The topological polar surface area (TPSA) is 119 Å². The monoisotopic (exact) mass is 226 g/mol. The van der Waals surface area contributed by atoms with Crippen molar-refractivity contribution in [1.29, 1.82) is 5.26 Å². The van der Waals surface area contributed by atoms with Crippen molar-refractivity contribution in [3.63, 3.8) is 0 Å². The van der Waals surface area contributed by atoms with E-state index in [4.69, 9.17) is 15.5 Å². The van der Waals surface area contributed by atoms with Crippen LogP contribution in [0.25, 0.3) is 0 Å². The highest BCUT2D eigenvalue weighted by Crippen LogP contribution is 2.31. The highest BCUT2D eigenvalue weighted by Gasteiger charge is 2.53. The van der Waals surface area contributed by atoms with Crippen LogP contribution in [0.5, 0.6) is 0 Å². The molecular formula is C9H10N2O5. The van der Waals surface area contributed by atoms with Crippen molar-refractivity contribution in [3.05, 3.63) is 0 Å². The van der Waals surface area contributed by atoms with Gasteiger partial charge in [-0.3, -0.25) is 14.5 Å². The summed E-state index contributed by atoms with van der Waals surface area (Å²) in [6.07, 6.45) is -1.60. The van der Waals surface area contributed by atoms with Gasteiger partial charge in [-0.25, -0.2) is 4.79 Å². The summed E-state index contributed by atoms with van der Waals surface area (Å²) in [7, 11) is 0. The van der Waals surface area contributed by atoms with Crippen LogP contribution in [-0.2, 0) is 9.59 Å². The van der Waals surface area contributed by atoms with Crippen LogP contribution in [0, 0.1) is 16.7 Å². The van der Waals surface area contributed by atoms with Crippen molar-refractivity contribution in [2.45, 2.75) is 19.4 Å². The van der Waals surface area contributed by atoms with E-state index in [2.05, 4.69) is 0 Å². The molecule has 7 heteroatoms. The van der Waals surface area contributed by atoms with E-state index in [0.29, 0.717) is 0 Å². The van der Waals surface area contributed by atoms with Crippen LogP contribution >= 0.6 is 0 Å². The number of carbonyl (C=O) groups is 3. The van der Waals surface area contributed by atoms with E-state index in [1.165, 1.54) is 13.0 Å². The van der Waals surface area contributed by atoms with Crippen molar-refractivity contribution in [3.8, 4) is 6.07 Å². The molecule has 1 aliphatic rings. The third kappa shape index (κ3) is 1.48. The predicted octanol–water partition coefficient (Wildman–Crippen LogP) is -0.0777. The Morgan fingerprint density at radius 2 is 2.12 bits per heavy atom. The Kier molecular flexibility index (Phi) is 2.85. The third-order valence-electron chi connectivity index (χ3n) is 2.80. The third-order valence-corrected chi connectivity index (χ3v) is 2.80. The Labute approximate surface area is 90.9 Å². The Balaban J connectivity index is 3.09. The number of ketones is 1. The molecule has 1 rings (SSSR count). The minimum absolute atomic E-state index is 0.137. The van der Waals surface area contributed by atoms with Crippen LogP contribution in [-0.4, -0.2) is 45.5 Å². The van der Waals surface area contributed by atoms with Gasteiger partial charge in [-0.1, -0.05) is 0 Å². The molecule has 0 radical (unpaired) electrons. The first-order valence-electron chi connectivity index (χ1n) is 4.55. The van der Waals surface area contributed by atoms with E-state index < -0.39 is 29.3 Å². The molecule has 2 atom stereocenters. The second kappa shape index (κ2) is 3.81. The fourth-order valence-corrected chi connectivity index (χ4v) is 1.74. The zero-order valence-electron chi connectivity index (χ0n) is 8.51. The summed E-state index contributed by atoms with van der Waals surface area (Å²) >= 11 is 0. The molecule has 1 amide bonds. The Hall–Kier alpha value is -2.10. The van der Waals surface area contributed by atoms with E-state index >= 15 is 0 Å². The summed E-state index contributed by atoms with van der Waals surface area (Å²) in [6, 6.07) is 0.379. The number of amides is 1. The average molecular weight is 226 g/mol. The second-order valence-electron chi connectivity index (χ2n) is 3.59. The number of piperidine rings is 1. The molecule has 1 saturated heterocycles. The van der Waals surface area contributed by atoms with E-state index in [9.17, 15) is 14.4 Å². The maximum absolute atomic E-state index is 11.7. The van der Waals surface area contributed by atoms with Crippen molar-refractivity contribution < 1.29 is 24.6 Å². The molecule has 2 N–H and O–H groups in total. The second-order valence-corrected chi connectivity index (χ2v) is 3.59. The van der Waals surface area contributed by atoms with E-state index in [0.717, 1.165) is 4.90 Å². The van der Waals surface area contributed by atoms with Gasteiger partial charge in [-0.15, -0.1) is 0 Å². The largest absolute Gasteiger partial charge is 0.480 e. The van der Waals surface area contributed by atoms with Gasteiger partial charge < -0.3 is 10.2 Å². The molecule has 0 aromatic heterocycles. The lowest BCUT2D eigenvalue weighted by atomic mass is 9.75. The number of likely N-dealkylation sites (tertiary alicyclic amines) is 1. The van der Waals surface area contributed by atoms with Gasteiger partial charge in [0.05, 0.1) is 12.1 Å².